The molecule has 140 valence electrons. The summed E-state index contributed by atoms with van der Waals surface area (Å²) in [6.45, 7) is 1.52. The fraction of sp³-hybridized carbons (Fsp3) is 0.100. The van der Waals surface area contributed by atoms with Gasteiger partial charge in [-0.25, -0.2) is 18.9 Å². The summed E-state index contributed by atoms with van der Waals surface area (Å²) < 4.78 is 2.51. The van der Waals surface area contributed by atoms with Gasteiger partial charge < -0.3 is 5.32 Å². The second kappa shape index (κ2) is 7.28. The molecule has 0 aliphatic carbocycles. The van der Waals surface area contributed by atoms with Crippen molar-refractivity contribution in [1.29, 1.82) is 0 Å². The summed E-state index contributed by atoms with van der Waals surface area (Å²) in [6, 6.07) is 18.2. The van der Waals surface area contributed by atoms with Crippen LogP contribution in [0.5, 0.6) is 0 Å². The van der Waals surface area contributed by atoms with Crippen molar-refractivity contribution in [2.45, 2.75) is 13.5 Å². The largest absolute Gasteiger partial charge is 0.352 e. The lowest BCUT2D eigenvalue weighted by molar-refractivity contribution is -0.117. The Balaban J connectivity index is 1.65. The number of amides is 1. The molecule has 0 aliphatic rings. The first-order valence-electron chi connectivity index (χ1n) is 8.59. The monoisotopic (exact) mass is 393 g/mol. The number of aromatic nitrogens is 4. The second-order valence-electron chi connectivity index (χ2n) is 6.25. The van der Waals surface area contributed by atoms with E-state index in [2.05, 4.69) is 15.4 Å². The zero-order valence-corrected chi connectivity index (χ0v) is 15.7. The molecule has 2 heterocycles. The van der Waals surface area contributed by atoms with Crippen molar-refractivity contribution in [3.05, 3.63) is 82.0 Å². The number of halogens is 1. The van der Waals surface area contributed by atoms with Crippen LogP contribution in [0.4, 0.5) is 5.69 Å². The number of fused-ring (bicyclic) bond motifs is 1. The van der Waals surface area contributed by atoms with Crippen LogP contribution >= 0.6 is 11.6 Å². The number of nitrogens with zero attached hydrogens (tertiary/aromatic N) is 4. The molecule has 0 atom stereocenters. The smallest absolute Gasteiger partial charge is 0.324 e. The molecular formula is C20H16ClN5O2. The molecule has 0 radical (unpaired) electrons. The fourth-order valence-electron chi connectivity index (χ4n) is 2.96. The van der Waals surface area contributed by atoms with E-state index in [1.807, 2.05) is 30.3 Å². The average Bonchev–Trinajstić information content (AvgIpc) is 2.98. The number of nitrogens with one attached hydrogen (secondary N) is 1. The van der Waals surface area contributed by atoms with Gasteiger partial charge in [-0.05, 0) is 25.1 Å². The van der Waals surface area contributed by atoms with Gasteiger partial charge >= 0.3 is 5.69 Å². The summed E-state index contributed by atoms with van der Waals surface area (Å²) in [5, 5.41) is 7.52. The van der Waals surface area contributed by atoms with E-state index in [1.165, 1.54) is 4.40 Å². The predicted molar refractivity (Wildman–Crippen MR) is 108 cm³/mol. The lowest BCUT2D eigenvalue weighted by Gasteiger charge is -2.04. The Hall–Kier alpha value is -3.45. The van der Waals surface area contributed by atoms with E-state index >= 15 is 0 Å². The Morgan fingerprint density at radius 1 is 1.11 bits per heavy atom. The lowest BCUT2D eigenvalue weighted by atomic mass is 10.1. The molecule has 0 saturated heterocycles. The van der Waals surface area contributed by atoms with Crippen LogP contribution in [0.15, 0.2) is 65.5 Å². The zero-order chi connectivity index (χ0) is 19.7. The van der Waals surface area contributed by atoms with Crippen LogP contribution in [-0.4, -0.2) is 25.1 Å². The van der Waals surface area contributed by atoms with E-state index in [0.717, 1.165) is 10.2 Å². The number of carbonyl (C=O) groups is 1. The molecule has 2 aromatic carbocycles. The summed E-state index contributed by atoms with van der Waals surface area (Å²) in [4.78, 5) is 29.5. The minimum Gasteiger partial charge on any atom is -0.324 e. The maximum absolute atomic E-state index is 12.7. The number of aryl methyl sites for hydroxylation is 1. The molecule has 0 fully saturated rings. The molecule has 8 heteroatoms. The molecule has 2 aromatic heterocycles. The Morgan fingerprint density at radius 3 is 2.64 bits per heavy atom. The topological polar surface area (TPSA) is 81.3 Å². The molecule has 0 saturated carbocycles. The van der Waals surface area contributed by atoms with Gasteiger partial charge in [0.25, 0.3) is 0 Å². The SMILES string of the molecule is Cc1nc(-c2ccccc2)cc2nn(CC(=O)Nc3cccc(Cl)c3)c(=O)n12. The van der Waals surface area contributed by atoms with Crippen LogP contribution in [0.25, 0.3) is 16.9 Å². The fourth-order valence-corrected chi connectivity index (χ4v) is 3.15. The van der Waals surface area contributed by atoms with Crippen molar-refractivity contribution >= 4 is 28.8 Å². The molecule has 0 spiro atoms. The number of hydrogen-bond donors (Lipinski definition) is 1. The van der Waals surface area contributed by atoms with Crippen molar-refractivity contribution in [3.8, 4) is 11.3 Å². The van der Waals surface area contributed by atoms with Crippen molar-refractivity contribution in [1.82, 2.24) is 19.2 Å². The molecular weight excluding hydrogens is 378 g/mol. The molecule has 0 bridgehead atoms. The number of carbonyl (C=O) groups excluding carboxylic acids is 1. The van der Waals surface area contributed by atoms with Crippen LogP contribution in [-0.2, 0) is 11.3 Å². The number of hydrogen-bond acceptors (Lipinski definition) is 4. The first-order chi connectivity index (χ1) is 13.5. The van der Waals surface area contributed by atoms with Gasteiger partial charge in [0.2, 0.25) is 5.91 Å². The summed E-state index contributed by atoms with van der Waals surface area (Å²) in [7, 11) is 0. The van der Waals surface area contributed by atoms with E-state index in [4.69, 9.17) is 11.6 Å². The van der Waals surface area contributed by atoms with Crippen molar-refractivity contribution in [2.24, 2.45) is 0 Å². The highest BCUT2D eigenvalue weighted by atomic mass is 35.5. The van der Waals surface area contributed by atoms with E-state index in [9.17, 15) is 9.59 Å². The highest BCUT2D eigenvalue weighted by molar-refractivity contribution is 6.30. The minimum atomic E-state index is -0.416. The minimum absolute atomic E-state index is 0.215. The zero-order valence-electron chi connectivity index (χ0n) is 15.0. The maximum Gasteiger partial charge on any atom is 0.352 e. The molecule has 4 aromatic rings. The molecule has 28 heavy (non-hydrogen) atoms. The van der Waals surface area contributed by atoms with Gasteiger partial charge in [-0.15, -0.1) is 5.10 Å². The maximum atomic E-state index is 12.7. The highest BCUT2D eigenvalue weighted by Crippen LogP contribution is 2.18. The van der Waals surface area contributed by atoms with Gasteiger partial charge in [-0.1, -0.05) is 48.0 Å². The first kappa shape index (κ1) is 17.9. The Morgan fingerprint density at radius 2 is 1.89 bits per heavy atom. The number of benzene rings is 2. The lowest BCUT2D eigenvalue weighted by Crippen LogP contribution is -2.28. The Kier molecular flexibility index (Phi) is 4.67. The van der Waals surface area contributed by atoms with Gasteiger partial charge in [0.05, 0.1) is 5.69 Å². The van der Waals surface area contributed by atoms with Gasteiger partial charge in [0.15, 0.2) is 5.65 Å². The Labute approximate surface area is 165 Å². The Bertz CT molecular complexity index is 1230. The third kappa shape index (κ3) is 3.52. The van der Waals surface area contributed by atoms with Crippen LogP contribution < -0.4 is 11.0 Å². The second-order valence-corrected chi connectivity index (χ2v) is 6.68. The van der Waals surface area contributed by atoms with Crippen molar-refractivity contribution < 1.29 is 4.79 Å². The van der Waals surface area contributed by atoms with Crippen LogP contribution in [0, 0.1) is 6.92 Å². The number of anilines is 1. The summed E-state index contributed by atoms with van der Waals surface area (Å²) in [5.41, 5.74) is 2.21. The molecule has 1 amide bonds. The molecule has 0 unspecified atom stereocenters. The standard InChI is InChI=1S/C20H16ClN5O2/c1-13-22-17(14-6-3-2-4-7-14)11-18-24-25(20(28)26(13)18)12-19(27)23-16-9-5-8-15(21)10-16/h2-11H,12H2,1H3,(H,23,27). The van der Waals surface area contributed by atoms with E-state index in [-0.39, 0.29) is 12.5 Å². The third-order valence-electron chi connectivity index (χ3n) is 4.21. The molecule has 7 nitrogen and oxygen atoms in total. The van der Waals surface area contributed by atoms with Crippen LogP contribution in [0.2, 0.25) is 5.02 Å². The van der Waals surface area contributed by atoms with E-state index in [0.29, 0.717) is 27.9 Å². The normalized spacial score (nSPS) is 10.9. The van der Waals surface area contributed by atoms with E-state index < -0.39 is 5.69 Å². The van der Waals surface area contributed by atoms with Crippen molar-refractivity contribution in [3.63, 3.8) is 0 Å². The van der Waals surface area contributed by atoms with Crippen LogP contribution in [0.3, 0.4) is 0 Å². The molecule has 0 aliphatic heterocycles. The molecule has 4 rings (SSSR count). The third-order valence-corrected chi connectivity index (χ3v) is 4.44. The van der Waals surface area contributed by atoms with Crippen LogP contribution in [0.1, 0.15) is 5.82 Å². The summed E-state index contributed by atoms with van der Waals surface area (Å²) in [6.07, 6.45) is 0. The predicted octanol–water partition coefficient (Wildman–Crippen LogP) is 3.16. The summed E-state index contributed by atoms with van der Waals surface area (Å²) >= 11 is 5.92. The highest BCUT2D eigenvalue weighted by Gasteiger charge is 2.14. The average molecular weight is 394 g/mol. The summed E-state index contributed by atoms with van der Waals surface area (Å²) in [5.74, 6) is 0.129. The number of rotatable bonds is 4. The van der Waals surface area contributed by atoms with Crippen molar-refractivity contribution in [2.75, 3.05) is 5.32 Å². The van der Waals surface area contributed by atoms with Gasteiger partial charge in [0, 0.05) is 22.3 Å². The van der Waals surface area contributed by atoms with Gasteiger partial charge in [-0.3, -0.25) is 4.79 Å². The first-order valence-corrected chi connectivity index (χ1v) is 8.97. The molecule has 1 N–H and O–H groups in total. The quantitative estimate of drug-likeness (QED) is 0.577. The van der Waals surface area contributed by atoms with Gasteiger partial charge in [-0.2, -0.15) is 0 Å². The van der Waals surface area contributed by atoms with E-state index in [1.54, 1.807) is 37.3 Å². The van der Waals surface area contributed by atoms with Gasteiger partial charge in [0.1, 0.15) is 12.4 Å².